The Hall–Kier alpha value is -3.03. The second kappa shape index (κ2) is 8.98. The minimum absolute atomic E-state index is 0.0496. The number of nitrogens with one attached hydrogen (secondary N) is 1. The summed E-state index contributed by atoms with van der Waals surface area (Å²) in [6.07, 6.45) is 4.56. The highest BCUT2D eigenvalue weighted by Gasteiger charge is 2.22. The van der Waals surface area contributed by atoms with Crippen LogP contribution in [0.25, 0.3) is 4.96 Å². The average molecular weight is 406 g/mol. The predicted octanol–water partition coefficient (Wildman–Crippen LogP) is 3.40. The van der Waals surface area contributed by atoms with Crippen LogP contribution in [0.2, 0.25) is 0 Å². The van der Waals surface area contributed by atoms with Gasteiger partial charge < -0.3 is 10.2 Å². The fourth-order valence-electron chi connectivity index (χ4n) is 3.21. The lowest BCUT2D eigenvalue weighted by Gasteiger charge is -2.17. The summed E-state index contributed by atoms with van der Waals surface area (Å²) in [7, 11) is 1.84. The number of fused-ring (bicyclic) bond motifs is 1. The number of aromatic nitrogens is 3. The van der Waals surface area contributed by atoms with Crippen LogP contribution < -0.4 is 5.32 Å². The number of rotatable bonds is 8. The van der Waals surface area contributed by atoms with Gasteiger partial charge in [-0.3, -0.25) is 14.2 Å². The molecule has 0 fully saturated rings. The van der Waals surface area contributed by atoms with E-state index in [1.807, 2.05) is 59.4 Å². The van der Waals surface area contributed by atoms with E-state index in [1.165, 1.54) is 16.9 Å². The van der Waals surface area contributed by atoms with E-state index in [9.17, 15) is 4.79 Å². The molecule has 0 bridgehead atoms. The lowest BCUT2D eigenvalue weighted by molar-refractivity contribution is 0.0790. The highest BCUT2D eigenvalue weighted by molar-refractivity contribution is 7.15. The van der Waals surface area contributed by atoms with Crippen molar-refractivity contribution in [2.45, 2.75) is 19.5 Å². The first-order chi connectivity index (χ1) is 14.2. The Bertz CT molecular complexity index is 1070. The van der Waals surface area contributed by atoms with Crippen molar-refractivity contribution in [3.05, 3.63) is 88.9 Å². The van der Waals surface area contributed by atoms with Crippen LogP contribution in [-0.4, -0.2) is 38.8 Å². The molecule has 1 amide bonds. The van der Waals surface area contributed by atoms with E-state index in [2.05, 4.69) is 27.4 Å². The summed E-state index contributed by atoms with van der Waals surface area (Å²) in [4.78, 5) is 24.6. The summed E-state index contributed by atoms with van der Waals surface area (Å²) in [5.41, 5.74) is 3.58. The van der Waals surface area contributed by atoms with Crippen LogP contribution in [0.4, 0.5) is 0 Å². The third-order valence-electron chi connectivity index (χ3n) is 4.81. The molecule has 4 aromatic rings. The number of nitrogens with zero attached hydrogens (tertiary/aromatic N) is 4. The van der Waals surface area contributed by atoms with Gasteiger partial charge in [0.25, 0.3) is 5.91 Å². The van der Waals surface area contributed by atoms with Crippen molar-refractivity contribution >= 4 is 22.2 Å². The van der Waals surface area contributed by atoms with Gasteiger partial charge in [0.15, 0.2) is 10.7 Å². The van der Waals surface area contributed by atoms with Gasteiger partial charge in [-0.1, -0.05) is 36.4 Å². The summed E-state index contributed by atoms with van der Waals surface area (Å²) in [6.45, 7) is 1.83. The van der Waals surface area contributed by atoms with E-state index in [1.54, 1.807) is 11.1 Å². The molecule has 0 unspecified atom stereocenters. The zero-order valence-electron chi connectivity index (χ0n) is 16.3. The molecule has 3 aromatic heterocycles. The number of pyridine rings is 1. The molecule has 4 rings (SSSR count). The number of thiazole rings is 1. The van der Waals surface area contributed by atoms with Gasteiger partial charge in [0.05, 0.1) is 11.4 Å². The van der Waals surface area contributed by atoms with E-state index >= 15 is 0 Å². The quantitative estimate of drug-likeness (QED) is 0.488. The smallest absolute Gasteiger partial charge is 0.274 e. The van der Waals surface area contributed by atoms with Gasteiger partial charge in [-0.05, 0) is 24.1 Å². The molecule has 148 valence electrons. The molecule has 29 heavy (non-hydrogen) atoms. The van der Waals surface area contributed by atoms with Gasteiger partial charge in [-0.25, -0.2) is 4.98 Å². The van der Waals surface area contributed by atoms with Gasteiger partial charge >= 0.3 is 0 Å². The Kier molecular flexibility index (Phi) is 5.97. The summed E-state index contributed by atoms with van der Waals surface area (Å²) in [5.74, 6) is -0.0496. The largest absolute Gasteiger partial charge is 0.340 e. The highest BCUT2D eigenvalue weighted by Crippen LogP contribution is 2.19. The number of hydrogen-bond donors (Lipinski definition) is 1. The van der Waals surface area contributed by atoms with Crippen molar-refractivity contribution in [3.63, 3.8) is 0 Å². The van der Waals surface area contributed by atoms with Crippen LogP contribution in [0.1, 0.15) is 27.4 Å². The molecule has 0 aliphatic carbocycles. The second-order valence-corrected chi connectivity index (χ2v) is 7.72. The van der Waals surface area contributed by atoms with Crippen molar-refractivity contribution in [1.29, 1.82) is 0 Å². The maximum absolute atomic E-state index is 13.1. The first-order valence-electron chi connectivity index (χ1n) is 9.57. The fourth-order valence-corrected chi connectivity index (χ4v) is 3.94. The van der Waals surface area contributed by atoms with Crippen LogP contribution in [0.15, 0.2) is 66.3 Å². The molecule has 0 radical (unpaired) electrons. The first-order valence-corrected chi connectivity index (χ1v) is 10.4. The Balaban J connectivity index is 1.46. The normalized spacial score (nSPS) is 11.1. The molecule has 0 atom stereocenters. The number of carbonyl (C=O) groups excluding carboxylic acids is 1. The van der Waals surface area contributed by atoms with Crippen LogP contribution >= 0.6 is 11.3 Å². The molecule has 1 aromatic carbocycles. The lowest BCUT2D eigenvalue weighted by atomic mass is 10.1. The molecular formula is C22H23N5OS. The Morgan fingerprint density at radius 2 is 1.97 bits per heavy atom. The van der Waals surface area contributed by atoms with Gasteiger partial charge in [-0.2, -0.15) is 0 Å². The van der Waals surface area contributed by atoms with Crippen molar-refractivity contribution < 1.29 is 4.79 Å². The van der Waals surface area contributed by atoms with Gasteiger partial charge in [0.1, 0.15) is 0 Å². The maximum atomic E-state index is 13.1. The number of benzene rings is 1. The molecular weight excluding hydrogens is 382 g/mol. The summed E-state index contributed by atoms with van der Waals surface area (Å²) >= 11 is 1.53. The molecule has 0 spiro atoms. The SMILES string of the molecule is CN(CCc1ccccc1)C(=O)c1nc2sccn2c1CNCc1ccccn1. The molecule has 0 aliphatic rings. The van der Waals surface area contributed by atoms with E-state index in [0.717, 1.165) is 22.8 Å². The molecule has 0 saturated carbocycles. The van der Waals surface area contributed by atoms with Crippen LogP contribution in [0, 0.1) is 0 Å². The molecule has 1 N–H and O–H groups in total. The van der Waals surface area contributed by atoms with E-state index < -0.39 is 0 Å². The van der Waals surface area contributed by atoms with Gasteiger partial charge in [0, 0.05) is 44.5 Å². The Labute approximate surface area is 173 Å². The third kappa shape index (κ3) is 4.52. The lowest BCUT2D eigenvalue weighted by Crippen LogP contribution is -2.30. The standard InChI is InChI=1S/C22H23N5OS/c1-26(12-10-17-7-3-2-4-8-17)21(28)20-19(27-13-14-29-22(27)25-20)16-23-15-18-9-5-6-11-24-18/h2-9,11,13-14,23H,10,12,15-16H2,1H3. The van der Waals surface area contributed by atoms with Crippen LogP contribution in [-0.2, 0) is 19.5 Å². The van der Waals surface area contributed by atoms with Crippen LogP contribution in [0.3, 0.4) is 0 Å². The van der Waals surface area contributed by atoms with Crippen LogP contribution in [0.5, 0.6) is 0 Å². The summed E-state index contributed by atoms with van der Waals surface area (Å²) in [6, 6.07) is 16.1. The van der Waals surface area contributed by atoms with Crippen molar-refractivity contribution in [3.8, 4) is 0 Å². The van der Waals surface area contributed by atoms with Gasteiger partial charge in [-0.15, -0.1) is 11.3 Å². The van der Waals surface area contributed by atoms with Crippen molar-refractivity contribution in [2.24, 2.45) is 0 Å². The minimum atomic E-state index is -0.0496. The number of amides is 1. The highest BCUT2D eigenvalue weighted by atomic mass is 32.1. The zero-order chi connectivity index (χ0) is 20.1. The number of imidazole rings is 1. The van der Waals surface area contributed by atoms with E-state index in [-0.39, 0.29) is 5.91 Å². The Morgan fingerprint density at radius 3 is 2.76 bits per heavy atom. The molecule has 6 nitrogen and oxygen atoms in total. The van der Waals surface area contributed by atoms with E-state index in [4.69, 9.17) is 0 Å². The topological polar surface area (TPSA) is 62.5 Å². The zero-order valence-corrected chi connectivity index (χ0v) is 17.1. The monoisotopic (exact) mass is 405 g/mol. The minimum Gasteiger partial charge on any atom is -0.340 e. The predicted molar refractivity (Wildman–Crippen MR) is 115 cm³/mol. The van der Waals surface area contributed by atoms with E-state index in [0.29, 0.717) is 25.3 Å². The molecule has 0 saturated heterocycles. The number of carbonyl (C=O) groups is 1. The summed E-state index contributed by atoms with van der Waals surface area (Å²) < 4.78 is 1.99. The number of hydrogen-bond acceptors (Lipinski definition) is 5. The molecule has 7 heteroatoms. The second-order valence-electron chi connectivity index (χ2n) is 6.85. The van der Waals surface area contributed by atoms with Crippen molar-refractivity contribution in [1.82, 2.24) is 24.6 Å². The first kappa shape index (κ1) is 19.3. The molecule has 0 aliphatic heterocycles. The maximum Gasteiger partial charge on any atom is 0.274 e. The fraction of sp³-hybridized carbons (Fsp3) is 0.227. The van der Waals surface area contributed by atoms with Crippen molar-refractivity contribution in [2.75, 3.05) is 13.6 Å². The average Bonchev–Trinajstić information content (AvgIpc) is 3.35. The number of likely N-dealkylation sites (N-methyl/N-ethyl adjacent to an activating group) is 1. The molecule has 3 heterocycles. The van der Waals surface area contributed by atoms with Gasteiger partial charge in [0.2, 0.25) is 0 Å². The third-order valence-corrected chi connectivity index (χ3v) is 5.57. The Morgan fingerprint density at radius 1 is 1.14 bits per heavy atom. The summed E-state index contributed by atoms with van der Waals surface area (Å²) in [5, 5.41) is 5.37.